The molecule has 0 fully saturated rings. The van der Waals surface area contributed by atoms with Crippen molar-refractivity contribution in [3.8, 4) is 0 Å². The molecule has 9 heavy (non-hydrogen) atoms. The number of rotatable bonds is 0. The third-order valence-corrected chi connectivity index (χ3v) is 0. The molecule has 3 nitrogen and oxygen atoms in total. The van der Waals surface area contributed by atoms with E-state index >= 15 is 0 Å². The summed E-state index contributed by atoms with van der Waals surface area (Å²) in [6.45, 7) is 0. The second-order valence-corrected chi connectivity index (χ2v) is 2.20. The van der Waals surface area contributed by atoms with E-state index in [1.807, 2.05) is 0 Å². The summed E-state index contributed by atoms with van der Waals surface area (Å²) in [7, 11) is -3.67. The smallest absolute Gasteiger partial charge is 1.00 e. The summed E-state index contributed by atoms with van der Waals surface area (Å²) in [6.07, 6.45) is 0.715. The average Bonchev–Trinajstić information content (AvgIpc) is 0.722. The van der Waals surface area contributed by atoms with Crippen LogP contribution in [0, 0.1) is 41.3 Å². The topological polar surface area (TPSA) is 54.4 Å². The van der Waals surface area contributed by atoms with E-state index < -0.39 is 10.1 Å². The predicted octanol–water partition coefficient (Wildman–Crippen LogP) is -9.48. The van der Waals surface area contributed by atoms with Crippen molar-refractivity contribution < 1.29 is 68.4 Å². The molecule has 1 N–H and O–H groups in total. The number of hydrogen-bond acceptors (Lipinski definition) is 2. The second-order valence-electron chi connectivity index (χ2n) is 0.733. The minimum absolute atomic E-state index is 0. The average molecular weight is 294 g/mol. The molecular formula is CH4F3O3PrS. The molecule has 8 heteroatoms. The number of halogens is 3. The summed E-state index contributed by atoms with van der Waals surface area (Å²) < 4.78 is 25.9. The third-order valence-electron chi connectivity index (χ3n) is 0. The standard InChI is InChI=1S/CH4O3S.3FH.Pr/c1-5(2,3)4;;;;/h1H3,(H,2,3,4);3*1H;/q;;;;+3/p-3. The molecule has 0 aliphatic heterocycles. The van der Waals surface area contributed by atoms with Gasteiger partial charge in [0.25, 0.3) is 10.1 Å². The largest absolute Gasteiger partial charge is 3.00 e. The van der Waals surface area contributed by atoms with Gasteiger partial charge >= 0.3 is 41.3 Å². The molecule has 0 aliphatic carbocycles. The molecule has 56 valence electrons. The Labute approximate surface area is 84.0 Å². The van der Waals surface area contributed by atoms with Crippen molar-refractivity contribution in [1.82, 2.24) is 0 Å². The van der Waals surface area contributed by atoms with Gasteiger partial charge in [0.15, 0.2) is 0 Å². The molecule has 0 aromatic heterocycles. The van der Waals surface area contributed by atoms with Crippen LogP contribution in [0.3, 0.4) is 0 Å². The molecule has 0 saturated carbocycles. The van der Waals surface area contributed by atoms with Gasteiger partial charge in [0.2, 0.25) is 0 Å². The fraction of sp³-hybridized carbons (Fsp3) is 1.00. The second kappa shape index (κ2) is 11.8. The summed E-state index contributed by atoms with van der Waals surface area (Å²) in [5.74, 6) is 0. The first-order valence-corrected chi connectivity index (χ1v) is 2.77. The van der Waals surface area contributed by atoms with Crippen LogP contribution < -0.4 is 14.1 Å². The van der Waals surface area contributed by atoms with E-state index in [0.29, 0.717) is 6.26 Å². The molecule has 0 heterocycles. The molecule has 0 aromatic carbocycles. The molecule has 0 saturated heterocycles. The molecule has 0 bridgehead atoms. The zero-order chi connectivity index (χ0) is 4.50. The van der Waals surface area contributed by atoms with Gasteiger partial charge in [-0.1, -0.05) is 0 Å². The predicted molar refractivity (Wildman–Crippen MR) is 17.5 cm³/mol. The molecule has 0 rings (SSSR count). The Kier molecular flexibility index (Phi) is 42.3. The Morgan fingerprint density at radius 1 is 1.11 bits per heavy atom. The van der Waals surface area contributed by atoms with E-state index in [4.69, 9.17) is 4.55 Å². The van der Waals surface area contributed by atoms with Gasteiger partial charge in [-0.25, -0.2) is 0 Å². The van der Waals surface area contributed by atoms with Crippen molar-refractivity contribution in [1.29, 1.82) is 0 Å². The summed E-state index contributed by atoms with van der Waals surface area (Å²) in [5.41, 5.74) is 0. The maximum Gasteiger partial charge on any atom is 3.00 e. The summed E-state index contributed by atoms with van der Waals surface area (Å²) in [5, 5.41) is 0. The van der Waals surface area contributed by atoms with Crippen LogP contribution in [0.5, 0.6) is 0 Å². The van der Waals surface area contributed by atoms with E-state index in [2.05, 4.69) is 0 Å². The van der Waals surface area contributed by atoms with Crippen LogP contribution in [0.15, 0.2) is 0 Å². The van der Waals surface area contributed by atoms with Crippen molar-refractivity contribution >= 4 is 10.1 Å². The minimum Gasteiger partial charge on any atom is -1.00 e. The zero-order valence-corrected chi connectivity index (χ0v) is 8.90. The van der Waals surface area contributed by atoms with Crippen LogP contribution in [0.4, 0.5) is 0 Å². The maximum absolute atomic E-state index is 9.19. The first-order chi connectivity index (χ1) is 2.00. The van der Waals surface area contributed by atoms with Gasteiger partial charge in [-0.15, -0.1) is 0 Å². The summed E-state index contributed by atoms with van der Waals surface area (Å²) in [6, 6.07) is 0. The molecule has 0 aliphatic rings. The van der Waals surface area contributed by atoms with Crippen molar-refractivity contribution in [2.45, 2.75) is 0 Å². The Balaban J connectivity index is -0.0000000133. The molecule has 0 radical (unpaired) electrons. The van der Waals surface area contributed by atoms with Gasteiger partial charge in [0, 0.05) is 0 Å². The quantitative estimate of drug-likeness (QED) is 0.452. The van der Waals surface area contributed by atoms with Crippen LogP contribution in [0.1, 0.15) is 0 Å². The Bertz CT molecular complexity index is 102. The van der Waals surface area contributed by atoms with Crippen molar-refractivity contribution in [2.75, 3.05) is 6.26 Å². The van der Waals surface area contributed by atoms with E-state index in [1.165, 1.54) is 0 Å². The first kappa shape index (κ1) is 32.2. The third kappa shape index (κ3) is 400. The fourth-order valence-corrected chi connectivity index (χ4v) is 0. The zero-order valence-electron chi connectivity index (χ0n) is 4.38. The van der Waals surface area contributed by atoms with Gasteiger partial charge in [0.05, 0.1) is 6.26 Å². The fourth-order valence-electron chi connectivity index (χ4n) is 0. The van der Waals surface area contributed by atoms with Gasteiger partial charge < -0.3 is 14.1 Å². The molecule has 0 spiro atoms. The van der Waals surface area contributed by atoms with Crippen LogP contribution in [0.25, 0.3) is 0 Å². The van der Waals surface area contributed by atoms with Gasteiger partial charge in [-0.05, 0) is 0 Å². The van der Waals surface area contributed by atoms with E-state index in [-0.39, 0.29) is 55.4 Å². The van der Waals surface area contributed by atoms with Crippen LogP contribution in [-0.2, 0) is 10.1 Å². The Morgan fingerprint density at radius 3 is 1.11 bits per heavy atom. The van der Waals surface area contributed by atoms with E-state index in [1.54, 1.807) is 0 Å². The molecular weight excluding hydrogens is 290 g/mol. The molecule has 0 aromatic rings. The minimum atomic E-state index is -3.67. The Hall–Kier alpha value is 1.06. The first-order valence-electron chi connectivity index (χ1n) is 0.924. The monoisotopic (exact) mass is 294 g/mol. The maximum atomic E-state index is 9.19. The van der Waals surface area contributed by atoms with Crippen LogP contribution in [0.2, 0.25) is 0 Å². The Morgan fingerprint density at radius 2 is 1.11 bits per heavy atom. The normalized spacial score (nSPS) is 6.44. The molecule has 0 unspecified atom stereocenters. The SMILES string of the molecule is CS(=O)(=O)O.[F-].[F-].[F-].[Pr+3]. The van der Waals surface area contributed by atoms with Crippen LogP contribution >= 0.6 is 0 Å². The van der Waals surface area contributed by atoms with Crippen molar-refractivity contribution in [3.63, 3.8) is 0 Å². The molecule has 0 atom stereocenters. The van der Waals surface area contributed by atoms with Crippen LogP contribution in [-0.4, -0.2) is 19.2 Å². The number of hydrogen-bond donors (Lipinski definition) is 1. The van der Waals surface area contributed by atoms with Gasteiger partial charge in [-0.2, -0.15) is 8.42 Å². The van der Waals surface area contributed by atoms with E-state index in [9.17, 15) is 8.42 Å². The van der Waals surface area contributed by atoms with Crippen molar-refractivity contribution in [3.05, 3.63) is 0 Å². The molecule has 0 amide bonds. The summed E-state index contributed by atoms with van der Waals surface area (Å²) in [4.78, 5) is 0. The summed E-state index contributed by atoms with van der Waals surface area (Å²) >= 11 is 0. The van der Waals surface area contributed by atoms with E-state index in [0.717, 1.165) is 0 Å². The van der Waals surface area contributed by atoms with Gasteiger partial charge in [0.1, 0.15) is 0 Å². The van der Waals surface area contributed by atoms with Crippen molar-refractivity contribution in [2.24, 2.45) is 0 Å². The van der Waals surface area contributed by atoms with Gasteiger partial charge in [-0.3, -0.25) is 4.55 Å².